The van der Waals surface area contributed by atoms with Gasteiger partial charge in [0.25, 0.3) is 0 Å². The molecule has 2 aromatic rings. The Kier molecular flexibility index (Phi) is 8.02. The molecule has 0 heterocycles. The first kappa shape index (κ1) is 21.4. The van der Waals surface area contributed by atoms with E-state index >= 15 is 0 Å². The Bertz CT molecular complexity index is 851. The molecule has 150 valence electrons. The number of anilines is 1. The maximum atomic E-state index is 12.3. The van der Waals surface area contributed by atoms with Gasteiger partial charge in [-0.25, -0.2) is 0 Å². The number of methoxy groups -OCH3 is 2. The van der Waals surface area contributed by atoms with Crippen LogP contribution in [0.1, 0.15) is 19.4 Å². The zero-order chi connectivity index (χ0) is 20.5. The normalized spacial score (nSPS) is 10.6. The fraction of sp³-hybridized carbons (Fsp3) is 0.286. The molecule has 0 saturated heterocycles. The van der Waals surface area contributed by atoms with Crippen LogP contribution in [0.25, 0.3) is 6.08 Å². The Labute approximate surface area is 170 Å². The van der Waals surface area contributed by atoms with E-state index < -0.39 is 0 Å². The molecule has 0 radical (unpaired) electrons. The number of benzene rings is 2. The van der Waals surface area contributed by atoms with Crippen molar-refractivity contribution in [3.8, 4) is 23.0 Å². The van der Waals surface area contributed by atoms with E-state index in [4.69, 9.17) is 30.5 Å². The summed E-state index contributed by atoms with van der Waals surface area (Å²) in [7, 11) is 3.07. The van der Waals surface area contributed by atoms with Crippen LogP contribution >= 0.6 is 11.6 Å². The van der Waals surface area contributed by atoms with Gasteiger partial charge < -0.3 is 24.3 Å². The van der Waals surface area contributed by atoms with Gasteiger partial charge in [-0.1, -0.05) is 11.6 Å². The van der Waals surface area contributed by atoms with E-state index in [1.54, 1.807) is 43.5 Å². The number of amides is 1. The molecular formula is C21H24ClNO5. The highest BCUT2D eigenvalue weighted by Gasteiger charge is 2.11. The fourth-order valence-electron chi connectivity index (χ4n) is 2.52. The molecule has 0 bridgehead atoms. The van der Waals surface area contributed by atoms with Crippen molar-refractivity contribution in [1.82, 2.24) is 0 Å². The third kappa shape index (κ3) is 5.57. The highest BCUT2D eigenvalue weighted by atomic mass is 35.5. The predicted octanol–water partition coefficient (Wildman–Crippen LogP) is 4.81. The Morgan fingerprint density at radius 1 is 1.00 bits per heavy atom. The largest absolute Gasteiger partial charge is 0.493 e. The fourth-order valence-corrected chi connectivity index (χ4v) is 2.82. The molecule has 2 rings (SSSR count). The van der Waals surface area contributed by atoms with Gasteiger partial charge >= 0.3 is 0 Å². The molecule has 6 nitrogen and oxygen atoms in total. The first-order valence-corrected chi connectivity index (χ1v) is 9.20. The average molecular weight is 406 g/mol. The highest BCUT2D eigenvalue weighted by Crippen LogP contribution is 2.36. The van der Waals surface area contributed by atoms with Crippen LogP contribution in [0.5, 0.6) is 23.0 Å². The maximum absolute atomic E-state index is 12.3. The minimum absolute atomic E-state index is 0.295. The van der Waals surface area contributed by atoms with Gasteiger partial charge in [0, 0.05) is 17.8 Å². The summed E-state index contributed by atoms with van der Waals surface area (Å²) in [5.74, 6) is 1.86. The van der Waals surface area contributed by atoms with Gasteiger partial charge in [-0.05, 0) is 49.8 Å². The molecule has 0 aromatic heterocycles. The van der Waals surface area contributed by atoms with Crippen molar-refractivity contribution in [3.05, 3.63) is 47.0 Å². The Morgan fingerprint density at radius 3 is 2.36 bits per heavy atom. The summed E-state index contributed by atoms with van der Waals surface area (Å²) in [5, 5.41) is 3.19. The molecule has 2 aromatic carbocycles. The van der Waals surface area contributed by atoms with Crippen LogP contribution in [0.2, 0.25) is 5.02 Å². The smallest absolute Gasteiger partial charge is 0.248 e. The van der Waals surface area contributed by atoms with Gasteiger partial charge in [0.2, 0.25) is 5.91 Å². The monoisotopic (exact) mass is 405 g/mol. The van der Waals surface area contributed by atoms with Crippen LogP contribution in [-0.4, -0.2) is 33.3 Å². The number of rotatable bonds is 9. The van der Waals surface area contributed by atoms with Crippen molar-refractivity contribution < 1.29 is 23.7 Å². The molecule has 28 heavy (non-hydrogen) atoms. The number of carbonyl (C=O) groups excluding carboxylic acids is 1. The van der Waals surface area contributed by atoms with Crippen molar-refractivity contribution in [1.29, 1.82) is 0 Å². The van der Waals surface area contributed by atoms with E-state index in [-0.39, 0.29) is 5.91 Å². The second-order valence-electron chi connectivity index (χ2n) is 5.59. The first-order valence-electron chi connectivity index (χ1n) is 8.82. The summed E-state index contributed by atoms with van der Waals surface area (Å²) in [6.07, 6.45) is 3.06. The van der Waals surface area contributed by atoms with E-state index in [0.29, 0.717) is 52.5 Å². The quantitative estimate of drug-likeness (QED) is 0.606. The lowest BCUT2D eigenvalue weighted by atomic mass is 10.2. The lowest BCUT2D eigenvalue weighted by Crippen LogP contribution is -2.08. The number of halogens is 1. The van der Waals surface area contributed by atoms with Crippen LogP contribution in [0.3, 0.4) is 0 Å². The van der Waals surface area contributed by atoms with Gasteiger partial charge in [0.05, 0.1) is 32.5 Å². The molecule has 1 N–H and O–H groups in total. The van der Waals surface area contributed by atoms with Crippen molar-refractivity contribution >= 4 is 29.3 Å². The van der Waals surface area contributed by atoms with Crippen LogP contribution in [0.15, 0.2) is 36.4 Å². The second-order valence-corrected chi connectivity index (χ2v) is 6.00. The van der Waals surface area contributed by atoms with E-state index in [1.807, 2.05) is 13.8 Å². The molecule has 0 aliphatic rings. The van der Waals surface area contributed by atoms with Crippen LogP contribution in [-0.2, 0) is 4.79 Å². The van der Waals surface area contributed by atoms with Gasteiger partial charge in [-0.3, -0.25) is 4.79 Å². The molecule has 0 aliphatic carbocycles. The number of carbonyl (C=O) groups is 1. The minimum atomic E-state index is -0.295. The molecule has 0 spiro atoms. The first-order chi connectivity index (χ1) is 13.5. The van der Waals surface area contributed by atoms with Crippen molar-refractivity contribution in [2.75, 3.05) is 32.8 Å². The summed E-state index contributed by atoms with van der Waals surface area (Å²) in [6, 6.07) is 8.66. The van der Waals surface area contributed by atoms with E-state index in [9.17, 15) is 4.79 Å². The molecule has 0 unspecified atom stereocenters. The zero-order valence-electron chi connectivity index (χ0n) is 16.4. The third-order valence-electron chi connectivity index (χ3n) is 3.69. The van der Waals surface area contributed by atoms with Crippen LogP contribution in [0.4, 0.5) is 5.69 Å². The molecular weight excluding hydrogens is 382 g/mol. The van der Waals surface area contributed by atoms with Crippen LogP contribution in [0, 0.1) is 0 Å². The maximum Gasteiger partial charge on any atom is 0.248 e. The van der Waals surface area contributed by atoms with Crippen molar-refractivity contribution in [3.63, 3.8) is 0 Å². The summed E-state index contributed by atoms with van der Waals surface area (Å²) < 4.78 is 21.5. The van der Waals surface area contributed by atoms with Crippen LogP contribution < -0.4 is 24.3 Å². The third-order valence-corrected chi connectivity index (χ3v) is 3.97. The highest BCUT2D eigenvalue weighted by molar-refractivity contribution is 6.32. The van der Waals surface area contributed by atoms with Gasteiger partial charge in [-0.2, -0.15) is 0 Å². The van der Waals surface area contributed by atoms with Gasteiger partial charge in [-0.15, -0.1) is 0 Å². The Balaban J connectivity index is 2.13. The molecule has 0 fully saturated rings. The number of hydrogen-bond donors (Lipinski definition) is 1. The number of ether oxygens (including phenoxy) is 4. The minimum Gasteiger partial charge on any atom is -0.493 e. The summed E-state index contributed by atoms with van der Waals surface area (Å²) in [4.78, 5) is 12.3. The Morgan fingerprint density at radius 2 is 1.71 bits per heavy atom. The Hall–Kier alpha value is -2.86. The van der Waals surface area contributed by atoms with E-state index in [2.05, 4.69) is 5.32 Å². The molecule has 0 aliphatic heterocycles. The van der Waals surface area contributed by atoms with Crippen molar-refractivity contribution in [2.24, 2.45) is 0 Å². The topological polar surface area (TPSA) is 66.0 Å². The van der Waals surface area contributed by atoms with E-state index in [0.717, 1.165) is 0 Å². The standard InChI is InChI=1S/C21H24ClNO5/c1-5-27-17-9-8-15(13-18(17)25-3)23-20(24)10-7-14-11-16(22)21(26-4)19(12-14)28-6-2/h7-13H,5-6H2,1-4H3,(H,23,24)/b10-7+. The lowest BCUT2D eigenvalue weighted by Gasteiger charge is -2.12. The van der Waals surface area contributed by atoms with Gasteiger partial charge in [0.15, 0.2) is 23.0 Å². The zero-order valence-corrected chi connectivity index (χ0v) is 17.1. The summed E-state index contributed by atoms with van der Waals surface area (Å²) >= 11 is 6.22. The van der Waals surface area contributed by atoms with Crippen molar-refractivity contribution in [2.45, 2.75) is 13.8 Å². The SMILES string of the molecule is CCOc1ccc(NC(=O)/C=C/c2cc(Cl)c(OC)c(OCC)c2)cc1OC. The second kappa shape index (κ2) is 10.5. The number of hydrogen-bond acceptors (Lipinski definition) is 5. The molecule has 0 saturated carbocycles. The van der Waals surface area contributed by atoms with E-state index in [1.165, 1.54) is 13.2 Å². The summed E-state index contributed by atoms with van der Waals surface area (Å²) in [5.41, 5.74) is 1.31. The molecule has 1 amide bonds. The van der Waals surface area contributed by atoms with Gasteiger partial charge in [0.1, 0.15) is 0 Å². The lowest BCUT2D eigenvalue weighted by molar-refractivity contribution is -0.111. The average Bonchev–Trinajstić information content (AvgIpc) is 2.68. The molecule has 0 atom stereocenters. The summed E-state index contributed by atoms with van der Waals surface area (Å²) in [6.45, 7) is 4.76. The predicted molar refractivity (Wildman–Crippen MR) is 111 cm³/mol. The molecule has 7 heteroatoms. The number of nitrogens with one attached hydrogen (secondary N) is 1.